The van der Waals surface area contributed by atoms with Crippen LogP contribution in [0, 0.1) is 0 Å². The summed E-state index contributed by atoms with van der Waals surface area (Å²) in [6, 6.07) is 0.623. The zero-order valence-electron chi connectivity index (χ0n) is 8.32. The molecule has 0 amide bonds. The molecule has 1 rings (SSSR count). The Kier molecular flexibility index (Phi) is 3.50. The van der Waals surface area contributed by atoms with Crippen LogP contribution in [-0.4, -0.2) is 60.3 Å². The van der Waals surface area contributed by atoms with E-state index in [4.69, 9.17) is 0 Å². The lowest BCUT2D eigenvalue weighted by Crippen LogP contribution is -2.51. The molecule has 0 aromatic carbocycles. The first kappa shape index (κ1) is 9.96. The summed E-state index contributed by atoms with van der Waals surface area (Å²) in [5.74, 6) is 0. The minimum atomic E-state index is -0.194. The van der Waals surface area contributed by atoms with Crippen molar-refractivity contribution in [3.63, 3.8) is 0 Å². The summed E-state index contributed by atoms with van der Waals surface area (Å²) < 4.78 is 0. The third-order valence-electron chi connectivity index (χ3n) is 2.57. The quantitative estimate of drug-likeness (QED) is 0.635. The standard InChI is InChI=1S/C9H20N2O/c1-8-6-11(7-9(2)12)5-4-10(8)3/h8-9,12H,4-7H2,1-3H3/t8-,9-/m0/s1. The van der Waals surface area contributed by atoms with E-state index in [1.54, 1.807) is 0 Å². The number of hydrogen-bond donors (Lipinski definition) is 1. The van der Waals surface area contributed by atoms with Crippen LogP contribution < -0.4 is 0 Å². The maximum Gasteiger partial charge on any atom is 0.0639 e. The Morgan fingerprint density at radius 3 is 2.67 bits per heavy atom. The number of hydrogen-bond acceptors (Lipinski definition) is 3. The van der Waals surface area contributed by atoms with Crippen LogP contribution in [0.5, 0.6) is 0 Å². The maximum atomic E-state index is 9.20. The average molecular weight is 172 g/mol. The Bertz CT molecular complexity index is 138. The molecule has 1 fully saturated rings. The van der Waals surface area contributed by atoms with E-state index < -0.39 is 0 Å². The summed E-state index contributed by atoms with van der Waals surface area (Å²) in [5.41, 5.74) is 0. The van der Waals surface area contributed by atoms with Crippen LogP contribution in [0.3, 0.4) is 0 Å². The van der Waals surface area contributed by atoms with Gasteiger partial charge in [0.1, 0.15) is 0 Å². The molecule has 0 bridgehead atoms. The molecule has 72 valence electrons. The SMILES string of the molecule is C[C@H](O)CN1CCN(C)[C@@H](C)C1. The molecule has 1 saturated heterocycles. The Hall–Kier alpha value is -0.120. The summed E-state index contributed by atoms with van der Waals surface area (Å²) >= 11 is 0. The summed E-state index contributed by atoms with van der Waals surface area (Å²) in [5, 5.41) is 9.20. The number of aliphatic hydroxyl groups excluding tert-OH is 1. The lowest BCUT2D eigenvalue weighted by molar-refractivity contribution is 0.0638. The van der Waals surface area contributed by atoms with E-state index in [9.17, 15) is 5.11 Å². The van der Waals surface area contributed by atoms with Gasteiger partial charge in [-0.05, 0) is 20.9 Å². The van der Waals surface area contributed by atoms with Gasteiger partial charge in [0.15, 0.2) is 0 Å². The van der Waals surface area contributed by atoms with Crippen molar-refractivity contribution in [3.05, 3.63) is 0 Å². The van der Waals surface area contributed by atoms with Crippen molar-refractivity contribution in [1.29, 1.82) is 0 Å². The predicted octanol–water partition coefficient (Wildman–Crippen LogP) is 0.00310. The molecule has 0 unspecified atom stereocenters. The molecule has 0 aromatic rings. The lowest BCUT2D eigenvalue weighted by Gasteiger charge is -2.38. The molecule has 3 nitrogen and oxygen atoms in total. The van der Waals surface area contributed by atoms with Crippen LogP contribution in [0.15, 0.2) is 0 Å². The number of rotatable bonds is 2. The highest BCUT2D eigenvalue weighted by atomic mass is 16.3. The normalized spacial score (nSPS) is 30.5. The average Bonchev–Trinajstić information content (AvgIpc) is 1.96. The predicted molar refractivity (Wildman–Crippen MR) is 50.2 cm³/mol. The minimum Gasteiger partial charge on any atom is -0.392 e. The van der Waals surface area contributed by atoms with E-state index in [2.05, 4.69) is 23.8 Å². The second-order valence-corrected chi connectivity index (χ2v) is 3.94. The summed E-state index contributed by atoms with van der Waals surface area (Å²) in [4.78, 5) is 4.69. The highest BCUT2D eigenvalue weighted by Crippen LogP contribution is 2.06. The number of likely N-dealkylation sites (N-methyl/N-ethyl adjacent to an activating group) is 1. The lowest BCUT2D eigenvalue weighted by atomic mass is 10.2. The van der Waals surface area contributed by atoms with Gasteiger partial charge in [-0.2, -0.15) is 0 Å². The molecule has 0 aliphatic carbocycles. The largest absolute Gasteiger partial charge is 0.392 e. The molecule has 12 heavy (non-hydrogen) atoms. The second kappa shape index (κ2) is 4.21. The van der Waals surface area contributed by atoms with Gasteiger partial charge in [0.2, 0.25) is 0 Å². The molecule has 1 heterocycles. The number of aliphatic hydroxyl groups is 1. The molecule has 3 heteroatoms. The number of nitrogens with zero attached hydrogens (tertiary/aromatic N) is 2. The van der Waals surface area contributed by atoms with Crippen molar-refractivity contribution in [1.82, 2.24) is 9.80 Å². The van der Waals surface area contributed by atoms with Gasteiger partial charge in [0.05, 0.1) is 6.10 Å². The van der Waals surface area contributed by atoms with Gasteiger partial charge < -0.3 is 10.0 Å². The smallest absolute Gasteiger partial charge is 0.0639 e. The van der Waals surface area contributed by atoms with Gasteiger partial charge in [-0.1, -0.05) is 0 Å². The van der Waals surface area contributed by atoms with E-state index >= 15 is 0 Å². The van der Waals surface area contributed by atoms with Gasteiger partial charge in [-0.15, -0.1) is 0 Å². The summed E-state index contributed by atoms with van der Waals surface area (Å²) in [6.45, 7) is 8.19. The van der Waals surface area contributed by atoms with Gasteiger partial charge in [0.25, 0.3) is 0 Å². The fourth-order valence-electron chi connectivity index (χ4n) is 1.66. The van der Waals surface area contributed by atoms with Crippen molar-refractivity contribution in [2.75, 3.05) is 33.2 Å². The van der Waals surface area contributed by atoms with E-state index in [0.29, 0.717) is 6.04 Å². The third-order valence-corrected chi connectivity index (χ3v) is 2.57. The molecule has 0 spiro atoms. The minimum absolute atomic E-state index is 0.194. The highest BCUT2D eigenvalue weighted by molar-refractivity contribution is 4.77. The van der Waals surface area contributed by atoms with Gasteiger partial charge in [0, 0.05) is 32.2 Å². The first-order chi connectivity index (χ1) is 5.59. The Labute approximate surface area is 75.0 Å². The first-order valence-electron chi connectivity index (χ1n) is 4.70. The Morgan fingerprint density at radius 1 is 1.50 bits per heavy atom. The second-order valence-electron chi connectivity index (χ2n) is 3.94. The topological polar surface area (TPSA) is 26.7 Å². The number of β-amino-alcohol motifs (C(OH)–C–C–N with tert-alkyl or cyclic N) is 1. The van der Waals surface area contributed by atoms with E-state index in [-0.39, 0.29) is 6.10 Å². The van der Waals surface area contributed by atoms with Crippen LogP contribution in [0.4, 0.5) is 0 Å². The van der Waals surface area contributed by atoms with Crippen LogP contribution in [0.25, 0.3) is 0 Å². The van der Waals surface area contributed by atoms with E-state index in [1.165, 1.54) is 0 Å². The van der Waals surface area contributed by atoms with Gasteiger partial charge in [-0.3, -0.25) is 4.90 Å². The maximum absolute atomic E-state index is 9.20. The third kappa shape index (κ3) is 2.73. The van der Waals surface area contributed by atoms with Crippen molar-refractivity contribution < 1.29 is 5.11 Å². The summed E-state index contributed by atoms with van der Waals surface area (Å²) in [7, 11) is 2.16. The van der Waals surface area contributed by atoms with Crippen molar-refractivity contribution in [2.24, 2.45) is 0 Å². The monoisotopic (exact) mass is 172 g/mol. The van der Waals surface area contributed by atoms with Crippen molar-refractivity contribution >= 4 is 0 Å². The summed E-state index contributed by atoms with van der Waals surface area (Å²) in [6.07, 6.45) is -0.194. The van der Waals surface area contributed by atoms with Crippen LogP contribution in [0.1, 0.15) is 13.8 Å². The van der Waals surface area contributed by atoms with Crippen LogP contribution in [0.2, 0.25) is 0 Å². The molecule has 0 aromatic heterocycles. The number of piperazine rings is 1. The highest BCUT2D eigenvalue weighted by Gasteiger charge is 2.20. The van der Waals surface area contributed by atoms with Gasteiger partial charge >= 0.3 is 0 Å². The first-order valence-corrected chi connectivity index (χ1v) is 4.70. The van der Waals surface area contributed by atoms with E-state index in [0.717, 1.165) is 26.2 Å². The molecular formula is C9H20N2O. The molecule has 0 saturated carbocycles. The molecule has 2 atom stereocenters. The van der Waals surface area contributed by atoms with Crippen LogP contribution in [-0.2, 0) is 0 Å². The fraction of sp³-hybridized carbons (Fsp3) is 1.00. The van der Waals surface area contributed by atoms with Crippen molar-refractivity contribution in [2.45, 2.75) is 26.0 Å². The molecule has 1 aliphatic rings. The van der Waals surface area contributed by atoms with Gasteiger partial charge in [-0.25, -0.2) is 0 Å². The zero-order chi connectivity index (χ0) is 9.14. The zero-order valence-corrected chi connectivity index (χ0v) is 8.32. The van der Waals surface area contributed by atoms with E-state index in [1.807, 2.05) is 6.92 Å². The Morgan fingerprint density at radius 2 is 2.17 bits per heavy atom. The van der Waals surface area contributed by atoms with Crippen LogP contribution >= 0.6 is 0 Å². The van der Waals surface area contributed by atoms with Crippen molar-refractivity contribution in [3.8, 4) is 0 Å². The fourth-order valence-corrected chi connectivity index (χ4v) is 1.66. The molecule has 0 radical (unpaired) electrons. The molecular weight excluding hydrogens is 152 g/mol. The molecule has 1 N–H and O–H groups in total. The Balaban J connectivity index is 2.30. The molecule has 1 aliphatic heterocycles.